The largest absolute Gasteiger partial charge is 0.457 e. The van der Waals surface area contributed by atoms with Crippen molar-refractivity contribution in [1.82, 2.24) is 0 Å². The molecule has 6 nitrogen and oxygen atoms in total. The van der Waals surface area contributed by atoms with E-state index in [1.54, 1.807) is 6.08 Å². The van der Waals surface area contributed by atoms with Gasteiger partial charge < -0.3 is 23.7 Å². The Labute approximate surface area is 113 Å². The van der Waals surface area contributed by atoms with E-state index in [1.165, 1.54) is 14.2 Å². The molecule has 0 saturated carbocycles. The van der Waals surface area contributed by atoms with Crippen molar-refractivity contribution < 1.29 is 28.5 Å². The Morgan fingerprint density at radius 1 is 1.26 bits per heavy atom. The number of hydrogen-bond donors (Lipinski definition) is 0. The summed E-state index contributed by atoms with van der Waals surface area (Å²) in [6.07, 6.45) is -0.128. The van der Waals surface area contributed by atoms with E-state index >= 15 is 0 Å². The summed E-state index contributed by atoms with van der Waals surface area (Å²) in [7, 11) is 2.99. The van der Waals surface area contributed by atoms with Crippen molar-refractivity contribution >= 4 is 5.97 Å². The Morgan fingerprint density at radius 3 is 2.37 bits per heavy atom. The minimum atomic E-state index is -0.820. The van der Waals surface area contributed by atoms with Crippen molar-refractivity contribution in [3.8, 4) is 0 Å². The minimum Gasteiger partial charge on any atom is -0.457 e. The van der Waals surface area contributed by atoms with Crippen LogP contribution in [0.1, 0.15) is 13.8 Å². The van der Waals surface area contributed by atoms with Gasteiger partial charge in [-0.25, -0.2) is 4.79 Å². The Hall–Kier alpha value is -0.950. The Morgan fingerprint density at radius 2 is 1.84 bits per heavy atom. The van der Waals surface area contributed by atoms with Gasteiger partial charge in [0.05, 0.1) is 0 Å². The maximum absolute atomic E-state index is 11.9. The highest BCUT2D eigenvalue weighted by molar-refractivity contribution is 5.78. The van der Waals surface area contributed by atoms with E-state index in [0.29, 0.717) is 0 Å². The molecule has 0 aromatic heterocycles. The van der Waals surface area contributed by atoms with Gasteiger partial charge in [0, 0.05) is 19.6 Å². The molecule has 110 valence electrons. The van der Waals surface area contributed by atoms with Crippen LogP contribution in [0.4, 0.5) is 0 Å². The average Bonchev–Trinajstić information content (AvgIpc) is 2.71. The summed E-state index contributed by atoms with van der Waals surface area (Å²) in [6.45, 7) is 7.64. The number of esters is 1. The molecule has 0 radical (unpaired) electrons. The molecule has 1 aliphatic rings. The summed E-state index contributed by atoms with van der Waals surface area (Å²) in [6, 6.07) is 0. The highest BCUT2D eigenvalue weighted by Gasteiger charge is 2.52. The van der Waals surface area contributed by atoms with Crippen LogP contribution in [-0.4, -0.2) is 52.1 Å². The lowest BCUT2D eigenvalue weighted by atomic mass is 9.83. The van der Waals surface area contributed by atoms with Gasteiger partial charge in [0.15, 0.2) is 6.10 Å². The molecule has 1 aliphatic heterocycles. The number of ether oxygens (including phenoxy) is 5. The Kier molecular flexibility index (Phi) is 5.93. The molecule has 0 spiro atoms. The van der Waals surface area contributed by atoms with Gasteiger partial charge in [0.1, 0.15) is 25.8 Å². The lowest BCUT2D eigenvalue weighted by molar-refractivity contribution is -0.163. The molecule has 3 atom stereocenters. The first-order valence-electron chi connectivity index (χ1n) is 6.03. The zero-order valence-electron chi connectivity index (χ0n) is 11.9. The summed E-state index contributed by atoms with van der Waals surface area (Å²) in [5.74, 6) is -0.460. The highest BCUT2D eigenvalue weighted by Crippen LogP contribution is 2.35. The zero-order chi connectivity index (χ0) is 14.5. The maximum Gasteiger partial charge on any atom is 0.338 e. The fourth-order valence-electron chi connectivity index (χ4n) is 1.87. The third-order valence-corrected chi connectivity index (χ3v) is 3.08. The molecular weight excluding hydrogens is 252 g/mol. The van der Waals surface area contributed by atoms with Crippen molar-refractivity contribution in [2.45, 2.75) is 32.2 Å². The molecule has 0 unspecified atom stereocenters. The molecule has 0 aliphatic carbocycles. The number of carbonyl (C=O) groups is 1. The number of methoxy groups -OCH3 is 2. The van der Waals surface area contributed by atoms with Crippen molar-refractivity contribution in [2.24, 2.45) is 5.41 Å². The highest BCUT2D eigenvalue weighted by atomic mass is 16.7. The average molecular weight is 274 g/mol. The number of hydrogen-bond acceptors (Lipinski definition) is 6. The molecule has 0 aromatic rings. The lowest BCUT2D eigenvalue weighted by Gasteiger charge is -2.31. The van der Waals surface area contributed by atoms with Crippen molar-refractivity contribution in [1.29, 1.82) is 0 Å². The second kappa shape index (κ2) is 7.00. The van der Waals surface area contributed by atoms with E-state index in [2.05, 4.69) is 6.58 Å². The maximum atomic E-state index is 11.9. The number of carbonyl (C=O) groups excluding carboxylic acids is 1. The third kappa shape index (κ3) is 3.76. The van der Waals surface area contributed by atoms with Crippen LogP contribution < -0.4 is 0 Å². The summed E-state index contributed by atoms with van der Waals surface area (Å²) in [5, 5.41) is 0. The van der Waals surface area contributed by atoms with Crippen molar-refractivity contribution in [2.75, 3.05) is 27.8 Å². The molecule has 6 heteroatoms. The van der Waals surface area contributed by atoms with Gasteiger partial charge in [-0.05, 0) is 0 Å². The first-order valence-corrected chi connectivity index (χ1v) is 6.03. The Balaban J connectivity index is 2.86. The molecule has 1 heterocycles. The smallest absolute Gasteiger partial charge is 0.338 e. The zero-order valence-corrected chi connectivity index (χ0v) is 11.9. The van der Waals surface area contributed by atoms with Crippen LogP contribution in [0.25, 0.3) is 0 Å². The van der Waals surface area contributed by atoms with Crippen LogP contribution in [-0.2, 0) is 28.5 Å². The fourth-order valence-corrected chi connectivity index (χ4v) is 1.87. The molecule has 1 rings (SSSR count). The SMILES string of the molecule is C=CC(C)(C)[C@@H]1OC(=O)[C@@H](OCOC)[C@@H]1OCOC. The summed E-state index contributed by atoms with van der Waals surface area (Å²) in [5.41, 5.74) is -0.431. The van der Waals surface area contributed by atoms with Gasteiger partial charge in [-0.2, -0.15) is 0 Å². The van der Waals surface area contributed by atoms with Gasteiger partial charge in [0.25, 0.3) is 0 Å². The predicted octanol–water partition coefficient (Wildman–Crippen LogP) is 1.10. The van der Waals surface area contributed by atoms with Crippen molar-refractivity contribution in [3.05, 3.63) is 12.7 Å². The van der Waals surface area contributed by atoms with E-state index in [0.717, 1.165) is 0 Å². The third-order valence-electron chi connectivity index (χ3n) is 3.08. The monoisotopic (exact) mass is 274 g/mol. The van der Waals surface area contributed by atoms with Crippen LogP contribution in [0.15, 0.2) is 12.7 Å². The molecule has 0 amide bonds. The topological polar surface area (TPSA) is 63.2 Å². The second-order valence-corrected chi connectivity index (χ2v) is 4.91. The van der Waals surface area contributed by atoms with Crippen molar-refractivity contribution in [3.63, 3.8) is 0 Å². The summed E-state index contributed by atoms with van der Waals surface area (Å²) >= 11 is 0. The number of cyclic esters (lactones) is 1. The van der Waals surface area contributed by atoms with Gasteiger partial charge in [0.2, 0.25) is 0 Å². The molecule has 0 bridgehead atoms. The molecule has 19 heavy (non-hydrogen) atoms. The van der Waals surface area contributed by atoms with Crippen LogP contribution in [0.5, 0.6) is 0 Å². The van der Waals surface area contributed by atoms with E-state index in [4.69, 9.17) is 23.7 Å². The first kappa shape index (κ1) is 16.1. The standard InChI is InChI=1S/C13H22O6/c1-6-13(2,3)11-9(17-7-15-4)10(12(14)19-11)18-8-16-5/h6,9-11H,1,7-8H2,2-5H3/t9-,10-,11+/m0/s1. The van der Waals surface area contributed by atoms with Gasteiger partial charge in [-0.15, -0.1) is 6.58 Å². The van der Waals surface area contributed by atoms with Crippen LogP contribution in [0.3, 0.4) is 0 Å². The van der Waals surface area contributed by atoms with Gasteiger partial charge in [-0.1, -0.05) is 19.9 Å². The minimum absolute atomic E-state index is 0.00610. The second-order valence-electron chi connectivity index (χ2n) is 4.91. The molecule has 1 fully saturated rings. The van der Waals surface area contributed by atoms with E-state index in [1.807, 2.05) is 13.8 Å². The van der Waals surface area contributed by atoms with E-state index in [-0.39, 0.29) is 13.6 Å². The summed E-state index contributed by atoms with van der Waals surface area (Å²) in [4.78, 5) is 11.9. The molecule has 0 N–H and O–H groups in total. The predicted molar refractivity (Wildman–Crippen MR) is 67.4 cm³/mol. The van der Waals surface area contributed by atoms with Gasteiger partial charge in [-0.3, -0.25) is 0 Å². The molecule has 1 saturated heterocycles. The molecule has 0 aromatic carbocycles. The normalized spacial score (nSPS) is 27.4. The van der Waals surface area contributed by atoms with E-state index < -0.39 is 29.7 Å². The lowest BCUT2D eigenvalue weighted by Crippen LogP contribution is -2.43. The summed E-state index contributed by atoms with van der Waals surface area (Å²) < 4.78 is 25.9. The van der Waals surface area contributed by atoms with Crippen LogP contribution in [0.2, 0.25) is 0 Å². The van der Waals surface area contributed by atoms with Gasteiger partial charge >= 0.3 is 5.97 Å². The van der Waals surface area contributed by atoms with E-state index in [9.17, 15) is 4.79 Å². The van der Waals surface area contributed by atoms with Crippen LogP contribution >= 0.6 is 0 Å². The number of rotatable bonds is 8. The quantitative estimate of drug-likeness (QED) is 0.375. The first-order chi connectivity index (χ1) is 8.97. The fraction of sp³-hybridized carbons (Fsp3) is 0.769. The van der Waals surface area contributed by atoms with Crippen LogP contribution in [0, 0.1) is 5.41 Å². The molecular formula is C13H22O6. The Bertz CT molecular complexity index is 314.